The molecule has 236 valence electrons. The predicted molar refractivity (Wildman–Crippen MR) is 177 cm³/mol. The van der Waals surface area contributed by atoms with E-state index in [4.69, 9.17) is 9.84 Å². The Morgan fingerprint density at radius 2 is 1.10 bits per heavy atom. The number of unbranched alkanes of at least 4 members (excludes halogenated alkanes) is 14. The summed E-state index contributed by atoms with van der Waals surface area (Å²) >= 11 is 0. The third kappa shape index (κ3) is 26.2. The van der Waals surface area contributed by atoms with E-state index in [2.05, 4.69) is 18.8 Å². The van der Waals surface area contributed by atoms with Crippen molar-refractivity contribution in [3.8, 4) is 0 Å². The van der Waals surface area contributed by atoms with Crippen LogP contribution < -0.4 is 0 Å². The molecule has 5 heteroatoms. The van der Waals surface area contributed by atoms with Crippen molar-refractivity contribution in [1.29, 1.82) is 0 Å². The van der Waals surface area contributed by atoms with Gasteiger partial charge in [-0.05, 0) is 44.4 Å². The number of aliphatic hydroxyl groups excluding tert-OH is 1. The van der Waals surface area contributed by atoms with Gasteiger partial charge in [-0.1, -0.05) is 151 Å². The van der Waals surface area contributed by atoms with Crippen LogP contribution >= 0.6 is 0 Å². The summed E-state index contributed by atoms with van der Waals surface area (Å²) in [5.74, 6) is -0.109. The smallest absolute Gasteiger partial charge is 0.310 e. The fraction of sp³-hybridized carbons (Fsp3) is 0.622. The molecule has 1 N–H and O–H groups in total. The van der Waals surface area contributed by atoms with Gasteiger partial charge in [0.2, 0.25) is 6.08 Å². The van der Waals surface area contributed by atoms with Crippen LogP contribution in [0.3, 0.4) is 0 Å². The highest BCUT2D eigenvalue weighted by molar-refractivity contribution is 5.72. The maximum atomic E-state index is 11.7. The number of benzene rings is 2. The summed E-state index contributed by atoms with van der Waals surface area (Å²) in [6, 6.07) is 15.4. The van der Waals surface area contributed by atoms with Gasteiger partial charge in [-0.25, -0.2) is 4.79 Å². The molecule has 0 amide bonds. The molecule has 0 radical (unpaired) electrons. The number of carbonyl (C=O) groups is 1. The van der Waals surface area contributed by atoms with Crippen LogP contribution in [0.25, 0.3) is 0 Å². The van der Waals surface area contributed by atoms with E-state index in [1.165, 1.54) is 102 Å². The van der Waals surface area contributed by atoms with Crippen LogP contribution in [0.5, 0.6) is 0 Å². The van der Waals surface area contributed by atoms with Gasteiger partial charge in [0.05, 0.1) is 18.7 Å². The summed E-state index contributed by atoms with van der Waals surface area (Å²) in [5.41, 5.74) is 4.05. The number of aryl methyl sites for hydroxylation is 2. The maximum Gasteiger partial charge on any atom is 0.310 e. The number of rotatable bonds is 20. The lowest BCUT2D eigenvalue weighted by atomic mass is 10.1. The SMILES string of the molecule is CCCCCCCCCCO.CCCCCCCCCCOC(=O)Cc1ccc(C)cc1.Cc1ccc(N=C=O)cc1. The lowest BCUT2D eigenvalue weighted by Gasteiger charge is -2.05. The summed E-state index contributed by atoms with van der Waals surface area (Å²) in [4.78, 5) is 24.9. The Kier molecular flexibility index (Phi) is 27.8. The Labute approximate surface area is 257 Å². The quantitative estimate of drug-likeness (QED) is 0.0730. The number of aliphatic hydroxyl groups is 1. The van der Waals surface area contributed by atoms with E-state index in [0.29, 0.717) is 25.3 Å². The zero-order valence-electron chi connectivity index (χ0n) is 27.2. The van der Waals surface area contributed by atoms with Gasteiger partial charge in [0.15, 0.2) is 0 Å². The molecule has 0 fully saturated rings. The number of esters is 1. The lowest BCUT2D eigenvalue weighted by Crippen LogP contribution is -2.09. The second-order valence-corrected chi connectivity index (χ2v) is 11.1. The largest absolute Gasteiger partial charge is 0.465 e. The zero-order chi connectivity index (χ0) is 31.1. The van der Waals surface area contributed by atoms with Crippen molar-refractivity contribution >= 4 is 17.7 Å². The van der Waals surface area contributed by atoms with E-state index in [1.807, 2.05) is 50.2 Å². The number of carbonyl (C=O) groups excluding carboxylic acids is 2. The first kappa shape index (κ1) is 39.2. The van der Waals surface area contributed by atoms with Crippen molar-refractivity contribution in [2.75, 3.05) is 13.2 Å². The van der Waals surface area contributed by atoms with Crippen LogP contribution in [-0.2, 0) is 20.7 Å². The van der Waals surface area contributed by atoms with Gasteiger partial charge < -0.3 is 9.84 Å². The van der Waals surface area contributed by atoms with E-state index in [-0.39, 0.29) is 5.97 Å². The van der Waals surface area contributed by atoms with Crippen LogP contribution in [0.2, 0.25) is 0 Å². The lowest BCUT2D eigenvalue weighted by molar-refractivity contribution is -0.142. The molecule has 2 aromatic carbocycles. The van der Waals surface area contributed by atoms with E-state index in [1.54, 1.807) is 12.1 Å². The molecule has 0 saturated heterocycles. The van der Waals surface area contributed by atoms with Crippen molar-refractivity contribution in [2.45, 2.75) is 137 Å². The summed E-state index contributed by atoms with van der Waals surface area (Å²) in [7, 11) is 0. The zero-order valence-corrected chi connectivity index (χ0v) is 27.2. The van der Waals surface area contributed by atoms with Crippen LogP contribution in [0, 0.1) is 13.8 Å². The number of isocyanates is 1. The van der Waals surface area contributed by atoms with Crippen LogP contribution in [0.1, 0.15) is 133 Å². The Bertz CT molecular complexity index is 910. The summed E-state index contributed by atoms with van der Waals surface area (Å²) in [5, 5.41) is 8.51. The fourth-order valence-corrected chi connectivity index (χ4v) is 4.26. The molecule has 5 nitrogen and oxygen atoms in total. The normalized spacial score (nSPS) is 10.0. The molecular formula is C37H59NO4. The average molecular weight is 582 g/mol. The van der Waals surface area contributed by atoms with Gasteiger partial charge in [0.25, 0.3) is 0 Å². The highest BCUT2D eigenvalue weighted by Gasteiger charge is 2.04. The highest BCUT2D eigenvalue weighted by atomic mass is 16.5. The predicted octanol–water partition coefficient (Wildman–Crippen LogP) is 10.3. The number of aliphatic imine (C=N–C) groups is 1. The molecule has 0 aromatic heterocycles. The molecule has 0 atom stereocenters. The molecule has 0 aliphatic carbocycles. The first-order valence-electron chi connectivity index (χ1n) is 16.4. The van der Waals surface area contributed by atoms with Crippen molar-refractivity contribution in [3.63, 3.8) is 0 Å². The van der Waals surface area contributed by atoms with Crippen molar-refractivity contribution in [3.05, 3.63) is 65.2 Å². The number of hydrogen-bond donors (Lipinski definition) is 1. The van der Waals surface area contributed by atoms with Gasteiger partial charge >= 0.3 is 5.97 Å². The van der Waals surface area contributed by atoms with E-state index in [9.17, 15) is 9.59 Å². The van der Waals surface area contributed by atoms with Crippen molar-refractivity contribution in [1.82, 2.24) is 0 Å². The molecular weight excluding hydrogens is 522 g/mol. The molecule has 0 bridgehead atoms. The van der Waals surface area contributed by atoms with E-state index < -0.39 is 0 Å². The summed E-state index contributed by atoms with van der Waals surface area (Å²) < 4.78 is 5.28. The summed E-state index contributed by atoms with van der Waals surface area (Å²) in [6.45, 7) is 9.45. The molecule has 0 heterocycles. The average Bonchev–Trinajstić information content (AvgIpc) is 2.99. The van der Waals surface area contributed by atoms with E-state index in [0.717, 1.165) is 24.0 Å². The van der Waals surface area contributed by atoms with Gasteiger partial charge in [-0.15, -0.1) is 0 Å². The third-order valence-electron chi connectivity index (χ3n) is 6.95. The number of hydrogen-bond acceptors (Lipinski definition) is 5. The molecule has 0 saturated carbocycles. The monoisotopic (exact) mass is 581 g/mol. The maximum absolute atomic E-state index is 11.7. The molecule has 2 rings (SSSR count). The highest BCUT2D eigenvalue weighted by Crippen LogP contribution is 2.11. The van der Waals surface area contributed by atoms with Crippen molar-refractivity contribution < 1.29 is 19.4 Å². The minimum absolute atomic E-state index is 0.109. The van der Waals surface area contributed by atoms with Gasteiger partial charge in [-0.2, -0.15) is 4.99 Å². The summed E-state index contributed by atoms with van der Waals surface area (Å²) in [6.07, 6.45) is 22.4. The number of nitrogens with zero attached hydrogens (tertiary/aromatic N) is 1. The Balaban J connectivity index is 0.000000670. The van der Waals surface area contributed by atoms with Crippen LogP contribution in [0.4, 0.5) is 5.69 Å². The molecule has 2 aromatic rings. The minimum Gasteiger partial charge on any atom is -0.465 e. The topological polar surface area (TPSA) is 76.0 Å². The standard InChI is InChI=1S/C19H30O2.C10H22O.C8H7NO/c1-3-4-5-6-7-8-9-10-15-21-19(20)16-18-13-11-17(2)12-14-18;1-2-3-4-5-6-7-8-9-10-11;1-7-2-4-8(5-3-7)9-6-10/h11-14H,3-10,15-16H2,1-2H3;11H,2-10H2,1H3;2-5H,1H3. The Morgan fingerprint density at radius 3 is 1.55 bits per heavy atom. The van der Waals surface area contributed by atoms with Crippen LogP contribution in [0.15, 0.2) is 53.5 Å². The molecule has 0 spiro atoms. The third-order valence-corrected chi connectivity index (χ3v) is 6.95. The van der Waals surface area contributed by atoms with Gasteiger partial charge in [-0.3, -0.25) is 4.79 Å². The molecule has 0 aliphatic rings. The Morgan fingerprint density at radius 1 is 0.667 bits per heavy atom. The number of ether oxygens (including phenoxy) is 1. The minimum atomic E-state index is -0.109. The fourth-order valence-electron chi connectivity index (χ4n) is 4.26. The molecule has 42 heavy (non-hydrogen) atoms. The van der Waals surface area contributed by atoms with Crippen LogP contribution in [-0.4, -0.2) is 30.4 Å². The first-order valence-corrected chi connectivity index (χ1v) is 16.4. The van der Waals surface area contributed by atoms with Gasteiger partial charge in [0, 0.05) is 6.61 Å². The second kappa shape index (κ2) is 29.7. The molecule has 0 unspecified atom stereocenters. The Hall–Kier alpha value is -2.75. The van der Waals surface area contributed by atoms with E-state index >= 15 is 0 Å². The molecule has 0 aliphatic heterocycles. The first-order chi connectivity index (χ1) is 20.5. The second-order valence-electron chi connectivity index (χ2n) is 11.1. The van der Waals surface area contributed by atoms with Crippen molar-refractivity contribution in [2.24, 2.45) is 4.99 Å². The van der Waals surface area contributed by atoms with Gasteiger partial charge in [0.1, 0.15) is 0 Å².